The molecule has 1 spiro atoms. The van der Waals surface area contributed by atoms with E-state index in [9.17, 15) is 0 Å². The van der Waals surface area contributed by atoms with Crippen LogP contribution in [0.25, 0.3) is 11.0 Å². The number of hydrogen-bond acceptors (Lipinski definition) is 4. The zero-order valence-corrected chi connectivity index (χ0v) is 18.6. The Bertz CT molecular complexity index is 1460. The van der Waals surface area contributed by atoms with Crippen molar-refractivity contribution in [3.8, 4) is 5.75 Å². The van der Waals surface area contributed by atoms with Gasteiger partial charge in [-0.1, -0.05) is 78.9 Å². The molecule has 4 aromatic carbocycles. The predicted molar refractivity (Wildman–Crippen MR) is 134 cm³/mol. The molecule has 2 aliphatic heterocycles. The van der Waals surface area contributed by atoms with Crippen molar-refractivity contribution in [3.63, 3.8) is 0 Å². The van der Waals surface area contributed by atoms with Crippen LogP contribution in [0.2, 0.25) is 0 Å². The second-order valence-electron chi connectivity index (χ2n) is 9.13. The van der Waals surface area contributed by atoms with Crippen LogP contribution in [-0.2, 0) is 5.41 Å². The molecule has 0 saturated heterocycles. The van der Waals surface area contributed by atoms with Crippen molar-refractivity contribution < 1.29 is 4.74 Å². The molecule has 0 bridgehead atoms. The quantitative estimate of drug-likeness (QED) is 0.348. The summed E-state index contributed by atoms with van der Waals surface area (Å²) in [5, 5.41) is 0. The van der Waals surface area contributed by atoms with Gasteiger partial charge in [-0.3, -0.25) is 9.97 Å². The largest absolute Gasteiger partial charge is 0.492 e. The van der Waals surface area contributed by atoms with Gasteiger partial charge in [0.15, 0.2) is 0 Å². The van der Waals surface area contributed by atoms with Crippen molar-refractivity contribution >= 4 is 16.7 Å². The highest BCUT2D eigenvalue weighted by Crippen LogP contribution is 2.54. The number of anilines is 1. The standard InChI is InChI=1S/C30H23N3O/c1-3-9-21(10-4-1)29(22-11-5-2-6-12-22)33-19-30(23-13-7-8-14-27(23)33)20-34-28-18-26-25(17-24(28)30)31-15-16-32-26/h1-18,29H,19-20H2. The molecule has 7 rings (SSSR count). The molecule has 0 radical (unpaired) electrons. The average Bonchev–Trinajstić information content (AvgIpc) is 3.43. The minimum Gasteiger partial charge on any atom is -0.492 e. The number of aromatic nitrogens is 2. The van der Waals surface area contributed by atoms with Crippen molar-refractivity contribution in [2.45, 2.75) is 11.5 Å². The lowest BCUT2D eigenvalue weighted by molar-refractivity contribution is 0.298. The molecule has 164 valence electrons. The fraction of sp³-hybridized carbons (Fsp3) is 0.133. The molecule has 0 fully saturated rings. The molecule has 4 heteroatoms. The van der Waals surface area contributed by atoms with E-state index in [0.29, 0.717) is 6.61 Å². The lowest BCUT2D eigenvalue weighted by Crippen LogP contribution is -2.38. The maximum atomic E-state index is 6.35. The highest BCUT2D eigenvalue weighted by molar-refractivity contribution is 5.81. The van der Waals surface area contributed by atoms with Gasteiger partial charge in [-0.25, -0.2) is 0 Å². The fourth-order valence-corrected chi connectivity index (χ4v) is 5.76. The molecular weight excluding hydrogens is 418 g/mol. The highest BCUT2D eigenvalue weighted by Gasteiger charge is 2.51. The van der Waals surface area contributed by atoms with Crippen molar-refractivity contribution in [3.05, 3.63) is 132 Å². The number of benzene rings is 4. The van der Waals surface area contributed by atoms with Crippen molar-refractivity contribution in [2.24, 2.45) is 0 Å². The lowest BCUT2D eigenvalue weighted by atomic mass is 9.77. The molecule has 0 N–H and O–H groups in total. The van der Waals surface area contributed by atoms with E-state index < -0.39 is 0 Å². The summed E-state index contributed by atoms with van der Waals surface area (Å²) in [6.45, 7) is 1.45. The second-order valence-corrected chi connectivity index (χ2v) is 9.13. The fourth-order valence-electron chi connectivity index (χ4n) is 5.76. The first-order chi connectivity index (χ1) is 16.8. The minimum absolute atomic E-state index is 0.104. The molecule has 3 heterocycles. The Morgan fingerprint density at radius 1 is 0.706 bits per heavy atom. The normalized spacial score (nSPS) is 18.3. The molecule has 2 aliphatic rings. The van der Waals surface area contributed by atoms with Crippen LogP contribution in [0.15, 0.2) is 109 Å². The lowest BCUT2D eigenvalue weighted by Gasteiger charge is -2.33. The highest BCUT2D eigenvalue weighted by atomic mass is 16.5. The molecular formula is C30H23N3O. The number of fused-ring (bicyclic) bond motifs is 5. The molecule has 5 aromatic rings. The minimum atomic E-state index is -0.251. The van der Waals surface area contributed by atoms with E-state index >= 15 is 0 Å². The zero-order chi connectivity index (χ0) is 22.5. The Morgan fingerprint density at radius 3 is 2.03 bits per heavy atom. The van der Waals surface area contributed by atoms with Gasteiger partial charge < -0.3 is 9.64 Å². The SMILES string of the molecule is c1ccc(C(c2ccccc2)N2CC3(COc4cc5nccnc5cc43)c3ccccc32)cc1. The van der Waals surface area contributed by atoms with Crippen LogP contribution in [0.1, 0.15) is 28.3 Å². The van der Waals surface area contributed by atoms with E-state index in [1.807, 2.05) is 6.07 Å². The van der Waals surface area contributed by atoms with E-state index in [4.69, 9.17) is 4.74 Å². The van der Waals surface area contributed by atoms with Gasteiger partial charge in [-0.2, -0.15) is 0 Å². The van der Waals surface area contributed by atoms with E-state index in [2.05, 4.69) is 106 Å². The third kappa shape index (κ3) is 2.78. The number of hydrogen-bond donors (Lipinski definition) is 0. The Labute approximate surface area is 198 Å². The Balaban J connectivity index is 1.43. The topological polar surface area (TPSA) is 38.2 Å². The molecule has 1 aromatic heterocycles. The van der Waals surface area contributed by atoms with Crippen molar-refractivity contribution in [2.75, 3.05) is 18.1 Å². The van der Waals surface area contributed by atoms with E-state index in [1.54, 1.807) is 12.4 Å². The monoisotopic (exact) mass is 441 g/mol. The van der Waals surface area contributed by atoms with Gasteiger partial charge in [0, 0.05) is 36.3 Å². The zero-order valence-electron chi connectivity index (χ0n) is 18.6. The Hall–Kier alpha value is -4.18. The number of para-hydroxylation sites is 1. The van der Waals surface area contributed by atoms with Crippen LogP contribution in [0.3, 0.4) is 0 Å². The second kappa shape index (κ2) is 7.42. The first-order valence-electron chi connectivity index (χ1n) is 11.7. The van der Waals surface area contributed by atoms with Gasteiger partial charge in [0.25, 0.3) is 0 Å². The third-order valence-electron chi connectivity index (χ3n) is 7.27. The number of nitrogens with zero attached hydrogens (tertiary/aromatic N) is 3. The molecule has 1 unspecified atom stereocenters. The summed E-state index contributed by atoms with van der Waals surface area (Å²) in [6, 6.07) is 34.7. The maximum Gasteiger partial charge on any atom is 0.125 e. The molecule has 1 atom stereocenters. The summed E-state index contributed by atoms with van der Waals surface area (Å²) < 4.78 is 6.35. The van der Waals surface area contributed by atoms with Crippen LogP contribution in [0, 0.1) is 0 Å². The van der Waals surface area contributed by atoms with E-state index in [1.165, 1.54) is 27.9 Å². The van der Waals surface area contributed by atoms with Gasteiger partial charge >= 0.3 is 0 Å². The summed E-state index contributed by atoms with van der Waals surface area (Å²) in [6.07, 6.45) is 3.49. The summed E-state index contributed by atoms with van der Waals surface area (Å²) in [5.74, 6) is 0.917. The van der Waals surface area contributed by atoms with Gasteiger partial charge in [-0.15, -0.1) is 0 Å². The van der Waals surface area contributed by atoms with Crippen LogP contribution in [0.5, 0.6) is 5.75 Å². The van der Waals surface area contributed by atoms with Crippen LogP contribution in [0.4, 0.5) is 5.69 Å². The van der Waals surface area contributed by atoms with Gasteiger partial charge in [-0.05, 0) is 28.8 Å². The number of rotatable bonds is 3. The smallest absolute Gasteiger partial charge is 0.125 e. The van der Waals surface area contributed by atoms with Gasteiger partial charge in [0.05, 0.1) is 22.5 Å². The summed E-state index contributed by atoms with van der Waals surface area (Å²) in [4.78, 5) is 11.6. The average molecular weight is 442 g/mol. The van der Waals surface area contributed by atoms with Crippen molar-refractivity contribution in [1.29, 1.82) is 0 Å². The molecule has 0 amide bonds. The van der Waals surface area contributed by atoms with Crippen LogP contribution in [-0.4, -0.2) is 23.1 Å². The molecule has 34 heavy (non-hydrogen) atoms. The van der Waals surface area contributed by atoms with Gasteiger partial charge in [0.1, 0.15) is 12.4 Å². The summed E-state index contributed by atoms with van der Waals surface area (Å²) in [7, 11) is 0. The predicted octanol–water partition coefficient (Wildman–Crippen LogP) is 5.92. The number of ether oxygens (including phenoxy) is 1. The molecule has 4 nitrogen and oxygen atoms in total. The molecule has 0 saturated carbocycles. The Kier molecular flexibility index (Phi) is 4.21. The Morgan fingerprint density at radius 2 is 1.32 bits per heavy atom. The third-order valence-corrected chi connectivity index (χ3v) is 7.27. The molecule has 0 aliphatic carbocycles. The maximum absolute atomic E-state index is 6.35. The summed E-state index contributed by atoms with van der Waals surface area (Å²) in [5.41, 5.74) is 7.87. The van der Waals surface area contributed by atoms with Crippen LogP contribution < -0.4 is 9.64 Å². The van der Waals surface area contributed by atoms with Crippen molar-refractivity contribution in [1.82, 2.24) is 9.97 Å². The first-order valence-corrected chi connectivity index (χ1v) is 11.7. The van der Waals surface area contributed by atoms with E-state index in [-0.39, 0.29) is 11.5 Å². The van der Waals surface area contributed by atoms with Crippen LogP contribution >= 0.6 is 0 Å². The first kappa shape index (κ1) is 19.3. The van der Waals surface area contributed by atoms with E-state index in [0.717, 1.165) is 23.3 Å². The summed E-state index contributed by atoms with van der Waals surface area (Å²) >= 11 is 0. The van der Waals surface area contributed by atoms with Gasteiger partial charge in [0.2, 0.25) is 0 Å².